The second kappa shape index (κ2) is 47.3. The minimum Gasteiger partial charge on any atom is -0.491 e. The van der Waals surface area contributed by atoms with Crippen molar-refractivity contribution < 1.29 is 56.8 Å². The lowest BCUT2D eigenvalue weighted by molar-refractivity contribution is -0.0277. The van der Waals surface area contributed by atoms with Gasteiger partial charge in [0.25, 0.3) is 0 Å². The lowest BCUT2D eigenvalue weighted by Crippen LogP contribution is -2.15. The molecule has 12 nitrogen and oxygen atoms in total. The van der Waals surface area contributed by atoms with Crippen LogP contribution in [0.25, 0.3) is 0 Å². The van der Waals surface area contributed by atoms with E-state index in [1.807, 2.05) is 0 Å². The van der Waals surface area contributed by atoms with Crippen LogP contribution in [0.15, 0.2) is 24.3 Å². The molecule has 0 bridgehead atoms. The fourth-order valence-corrected chi connectivity index (χ4v) is 5.54. The number of unbranched alkanes of at least 4 members (excludes halogenated alkanes) is 11. The molecule has 0 unspecified atom stereocenters. The molecule has 0 radical (unpaired) electrons. The Hall–Kier alpha value is -1.42. The van der Waals surface area contributed by atoms with Crippen LogP contribution < -0.4 is 4.74 Å². The van der Waals surface area contributed by atoms with Gasteiger partial charge in [-0.15, -0.1) is 0 Å². The van der Waals surface area contributed by atoms with Crippen LogP contribution in [-0.4, -0.2) is 152 Å². The van der Waals surface area contributed by atoms with Crippen molar-refractivity contribution in [1.29, 1.82) is 0 Å². The van der Waals surface area contributed by atoms with Crippen molar-refractivity contribution >= 4 is 0 Å². The van der Waals surface area contributed by atoms with Crippen molar-refractivity contribution in [2.24, 2.45) is 0 Å². The average Bonchev–Trinajstić information content (AvgIpc) is 3.23. The van der Waals surface area contributed by atoms with E-state index in [2.05, 4.69) is 38.1 Å². The van der Waals surface area contributed by atoms with Gasteiger partial charge in [0.1, 0.15) is 12.4 Å². The van der Waals surface area contributed by atoms with Gasteiger partial charge < -0.3 is 56.8 Å². The van der Waals surface area contributed by atoms with Gasteiger partial charge in [-0.2, -0.15) is 0 Å². The number of aryl methyl sites for hydroxylation is 1. The van der Waals surface area contributed by atoms with Gasteiger partial charge in [-0.25, -0.2) is 0 Å². The maximum absolute atomic E-state index is 5.79. The summed E-state index contributed by atoms with van der Waals surface area (Å²) in [5.74, 6) is 0.888. The largest absolute Gasteiger partial charge is 0.491 e. The summed E-state index contributed by atoms with van der Waals surface area (Å²) in [7, 11) is 0. The van der Waals surface area contributed by atoms with Crippen LogP contribution in [0.5, 0.6) is 5.75 Å². The van der Waals surface area contributed by atoms with Crippen molar-refractivity contribution in [3.63, 3.8) is 0 Å². The number of hydrogen-bond donors (Lipinski definition) is 0. The first-order valence-electron chi connectivity index (χ1n) is 22.4. The maximum Gasteiger partial charge on any atom is 0.119 e. The molecule has 0 atom stereocenters. The Bertz CT molecular complexity index is 878. The highest BCUT2D eigenvalue weighted by Gasteiger charge is 2.00. The van der Waals surface area contributed by atoms with Crippen molar-refractivity contribution in [3.05, 3.63) is 29.8 Å². The Labute approximate surface area is 347 Å². The highest BCUT2D eigenvalue weighted by atomic mass is 16.6. The summed E-state index contributed by atoms with van der Waals surface area (Å²) in [4.78, 5) is 0. The van der Waals surface area contributed by atoms with Gasteiger partial charge in [0.15, 0.2) is 0 Å². The molecule has 0 aliphatic carbocycles. The number of hydrogen-bond acceptors (Lipinski definition) is 12. The Morgan fingerprint density at radius 2 is 0.526 bits per heavy atom. The molecule has 12 heteroatoms. The number of benzene rings is 1. The molecule has 57 heavy (non-hydrogen) atoms. The van der Waals surface area contributed by atoms with Crippen LogP contribution in [0.2, 0.25) is 0 Å². The monoisotopic (exact) mass is 817 g/mol. The maximum atomic E-state index is 5.79. The smallest absolute Gasteiger partial charge is 0.119 e. The molecule has 0 fully saturated rings. The van der Waals surface area contributed by atoms with Crippen LogP contribution in [0.3, 0.4) is 0 Å². The van der Waals surface area contributed by atoms with Gasteiger partial charge in [-0.3, -0.25) is 0 Å². The second-order valence-electron chi connectivity index (χ2n) is 13.9. The van der Waals surface area contributed by atoms with E-state index in [-0.39, 0.29) is 0 Å². The molecule has 0 aromatic heterocycles. The lowest BCUT2D eigenvalue weighted by atomic mass is 10.0. The molecular weight excluding hydrogens is 732 g/mol. The molecule has 336 valence electrons. The first-order chi connectivity index (χ1) is 28.4. The summed E-state index contributed by atoms with van der Waals surface area (Å²) in [6.07, 6.45) is 18.2. The quantitative estimate of drug-likeness (QED) is 0.0597. The van der Waals surface area contributed by atoms with Crippen molar-refractivity contribution in [2.45, 2.75) is 104 Å². The molecule has 1 aromatic rings. The van der Waals surface area contributed by atoms with Gasteiger partial charge in [-0.1, -0.05) is 96.6 Å². The van der Waals surface area contributed by atoms with Crippen molar-refractivity contribution in [3.8, 4) is 5.75 Å². The van der Waals surface area contributed by atoms with Gasteiger partial charge in [0.2, 0.25) is 0 Å². The minimum atomic E-state index is 0.516. The van der Waals surface area contributed by atoms with Crippen molar-refractivity contribution in [1.82, 2.24) is 0 Å². The highest BCUT2D eigenvalue weighted by Crippen LogP contribution is 2.15. The summed E-state index contributed by atoms with van der Waals surface area (Å²) < 4.78 is 66.7. The summed E-state index contributed by atoms with van der Waals surface area (Å²) in [6, 6.07) is 8.46. The highest BCUT2D eigenvalue weighted by molar-refractivity contribution is 5.27. The molecule has 0 aliphatic rings. The van der Waals surface area contributed by atoms with E-state index in [0.717, 1.165) is 25.2 Å². The number of rotatable bonds is 49. The van der Waals surface area contributed by atoms with E-state index in [9.17, 15) is 0 Å². The predicted octanol–water partition coefficient (Wildman–Crippen LogP) is 7.90. The fraction of sp³-hybridized carbons (Fsp3) is 0.867. The van der Waals surface area contributed by atoms with Crippen LogP contribution in [0.1, 0.15) is 103 Å². The van der Waals surface area contributed by atoms with Gasteiger partial charge in [0.05, 0.1) is 139 Å². The third kappa shape index (κ3) is 42.5. The first-order valence-corrected chi connectivity index (χ1v) is 22.4. The minimum absolute atomic E-state index is 0.516. The third-order valence-corrected chi connectivity index (χ3v) is 8.85. The standard InChI is InChI=1S/C45H84O12/c1-3-5-7-9-11-12-14-16-44-17-19-45(20-18-44)57-43-42-56-41-40-55-39-38-54-37-36-53-35-34-52-33-32-51-31-30-50-29-28-49-27-26-48-25-24-47-23-22-46-21-15-13-10-8-6-4-2/h17-20H,3-16,21-43H2,1-2H3. The predicted molar refractivity (Wildman–Crippen MR) is 226 cm³/mol. The van der Waals surface area contributed by atoms with Crippen LogP contribution >= 0.6 is 0 Å². The first kappa shape index (κ1) is 53.6. The van der Waals surface area contributed by atoms with Crippen LogP contribution in [0.4, 0.5) is 0 Å². The molecule has 1 aromatic carbocycles. The van der Waals surface area contributed by atoms with E-state index in [4.69, 9.17) is 56.8 Å². The van der Waals surface area contributed by atoms with Crippen LogP contribution in [0, 0.1) is 0 Å². The zero-order valence-corrected chi connectivity index (χ0v) is 36.4. The molecule has 0 saturated heterocycles. The topological polar surface area (TPSA) is 111 Å². The van der Waals surface area contributed by atoms with E-state index in [1.165, 1.54) is 82.6 Å². The summed E-state index contributed by atoms with van der Waals surface area (Å²) in [5, 5.41) is 0. The Kier molecular flexibility index (Phi) is 44.4. The number of ether oxygens (including phenoxy) is 12. The van der Waals surface area contributed by atoms with Crippen LogP contribution in [-0.2, 0) is 58.5 Å². The van der Waals surface area contributed by atoms with Gasteiger partial charge in [0, 0.05) is 6.61 Å². The zero-order chi connectivity index (χ0) is 40.6. The Morgan fingerprint density at radius 1 is 0.263 bits per heavy atom. The van der Waals surface area contributed by atoms with Gasteiger partial charge >= 0.3 is 0 Å². The molecule has 1 rings (SSSR count). The summed E-state index contributed by atoms with van der Waals surface area (Å²) >= 11 is 0. The molecule has 0 heterocycles. The molecule has 0 saturated carbocycles. The molecule has 0 N–H and O–H groups in total. The molecule has 0 spiro atoms. The molecular formula is C45H84O12. The summed E-state index contributed by atoms with van der Waals surface area (Å²) in [5.41, 5.74) is 1.38. The second-order valence-corrected chi connectivity index (χ2v) is 13.9. The SMILES string of the molecule is CCCCCCCCCc1ccc(OCCOCCOCCOCCOCCOCCOCCOCCOCCOCCOCCOCCCCCCCC)cc1. The summed E-state index contributed by atoms with van der Waals surface area (Å²) in [6.45, 7) is 17.2. The van der Waals surface area contributed by atoms with Crippen molar-refractivity contribution in [2.75, 3.05) is 152 Å². The fourth-order valence-electron chi connectivity index (χ4n) is 5.54. The lowest BCUT2D eigenvalue weighted by Gasteiger charge is -2.09. The molecule has 0 amide bonds. The third-order valence-electron chi connectivity index (χ3n) is 8.85. The van der Waals surface area contributed by atoms with E-state index >= 15 is 0 Å². The Balaban J connectivity index is 1.66. The Morgan fingerprint density at radius 3 is 0.860 bits per heavy atom. The molecule has 0 aliphatic heterocycles. The average molecular weight is 817 g/mol. The van der Waals surface area contributed by atoms with E-state index in [0.29, 0.717) is 145 Å². The van der Waals surface area contributed by atoms with E-state index in [1.54, 1.807) is 0 Å². The normalized spacial score (nSPS) is 11.5. The van der Waals surface area contributed by atoms with Gasteiger partial charge in [-0.05, 0) is 37.0 Å². The van der Waals surface area contributed by atoms with E-state index < -0.39 is 0 Å². The zero-order valence-electron chi connectivity index (χ0n) is 36.4.